The van der Waals surface area contributed by atoms with Gasteiger partial charge in [-0.2, -0.15) is 0 Å². The van der Waals surface area contributed by atoms with Crippen LogP contribution in [-0.2, 0) is 0 Å². The summed E-state index contributed by atoms with van der Waals surface area (Å²) >= 11 is 0. The van der Waals surface area contributed by atoms with Crippen molar-refractivity contribution in [3.05, 3.63) is 0 Å². The van der Waals surface area contributed by atoms with Crippen LogP contribution in [0.25, 0.3) is 0 Å². The van der Waals surface area contributed by atoms with E-state index in [1.54, 1.807) is 0 Å². The maximum atomic E-state index is 6.50. The lowest BCUT2D eigenvalue weighted by Gasteiger charge is -2.00. The SMILES string of the molecule is C#N.CCN(C)C. The van der Waals surface area contributed by atoms with E-state index in [0.717, 1.165) is 6.54 Å². The van der Waals surface area contributed by atoms with E-state index in [1.165, 1.54) is 0 Å². The third-order valence-electron chi connectivity index (χ3n) is 0.632. The van der Waals surface area contributed by atoms with Gasteiger partial charge in [0.1, 0.15) is 0 Å². The Hall–Kier alpha value is -0.550. The van der Waals surface area contributed by atoms with Crippen LogP contribution in [0.2, 0.25) is 0 Å². The van der Waals surface area contributed by atoms with E-state index in [1.807, 2.05) is 0 Å². The van der Waals surface area contributed by atoms with Crippen LogP contribution in [-0.4, -0.2) is 25.5 Å². The van der Waals surface area contributed by atoms with Gasteiger partial charge in [-0.3, -0.25) is 0 Å². The van der Waals surface area contributed by atoms with E-state index in [2.05, 4.69) is 32.5 Å². The zero-order valence-electron chi connectivity index (χ0n) is 5.18. The summed E-state index contributed by atoms with van der Waals surface area (Å²) < 4.78 is 0. The molecule has 0 unspecified atom stereocenters. The summed E-state index contributed by atoms with van der Waals surface area (Å²) in [5, 5.41) is 6.50. The predicted molar refractivity (Wildman–Crippen MR) is 30.9 cm³/mol. The smallest absolute Gasteiger partial charge is 0.0462 e. The quantitative estimate of drug-likeness (QED) is 0.485. The Morgan fingerprint density at radius 2 is 1.57 bits per heavy atom. The summed E-state index contributed by atoms with van der Waals surface area (Å²) in [6.45, 7) is 6.76. The Kier molecular flexibility index (Phi) is 12.5. The summed E-state index contributed by atoms with van der Waals surface area (Å²) in [4.78, 5) is 2.12. The van der Waals surface area contributed by atoms with Crippen LogP contribution in [0, 0.1) is 11.8 Å². The monoisotopic (exact) mass is 100 g/mol. The highest BCUT2D eigenvalue weighted by atomic mass is 15.0. The van der Waals surface area contributed by atoms with Crippen LogP contribution in [0.5, 0.6) is 0 Å². The highest BCUT2D eigenvalue weighted by Gasteiger charge is 1.72. The lowest BCUT2D eigenvalue weighted by atomic mass is 10.7. The standard InChI is InChI=1S/C4H11N.CHN/c1-4-5(2)3;1-2/h4H2,1-3H3;1H. The first-order valence-corrected chi connectivity index (χ1v) is 2.18. The molecule has 0 heterocycles. The molecule has 0 saturated heterocycles. The zero-order chi connectivity index (χ0) is 6.28. The number of nitrogens with zero attached hydrogens (tertiary/aromatic N) is 2. The number of rotatable bonds is 1. The van der Waals surface area contributed by atoms with Crippen LogP contribution < -0.4 is 0 Å². The molecule has 0 aromatic heterocycles. The molecule has 2 nitrogen and oxygen atoms in total. The molecule has 0 aromatic carbocycles. The lowest BCUT2D eigenvalue weighted by Crippen LogP contribution is -2.08. The largest absolute Gasteiger partial charge is 0.310 e. The first kappa shape index (κ1) is 9.67. The predicted octanol–water partition coefficient (Wildman–Crippen LogP) is 0.708. The molecule has 0 N–H and O–H groups in total. The maximum Gasteiger partial charge on any atom is 0.0462 e. The molecule has 0 aliphatic carbocycles. The Labute approximate surface area is 45.4 Å². The molecule has 0 bridgehead atoms. The fraction of sp³-hybridized carbons (Fsp3) is 0.800. The number of nitriles is 1. The van der Waals surface area contributed by atoms with Gasteiger partial charge in [0.15, 0.2) is 0 Å². The van der Waals surface area contributed by atoms with Crippen molar-refractivity contribution in [3.8, 4) is 6.57 Å². The second-order valence-electron chi connectivity index (χ2n) is 1.40. The van der Waals surface area contributed by atoms with Gasteiger partial charge in [0.25, 0.3) is 0 Å². The number of hydrogen-bond acceptors (Lipinski definition) is 2. The Morgan fingerprint density at radius 1 is 1.43 bits per heavy atom. The van der Waals surface area contributed by atoms with Crippen molar-refractivity contribution in [2.45, 2.75) is 6.92 Å². The van der Waals surface area contributed by atoms with Crippen molar-refractivity contribution in [1.82, 2.24) is 4.90 Å². The van der Waals surface area contributed by atoms with Crippen LogP contribution in [0.15, 0.2) is 0 Å². The van der Waals surface area contributed by atoms with Gasteiger partial charge in [-0.25, -0.2) is 5.26 Å². The van der Waals surface area contributed by atoms with E-state index >= 15 is 0 Å². The van der Waals surface area contributed by atoms with Crippen LogP contribution in [0.4, 0.5) is 0 Å². The third kappa shape index (κ3) is 30.9. The molecule has 2 heteroatoms. The Morgan fingerprint density at radius 3 is 1.57 bits per heavy atom. The first-order valence-electron chi connectivity index (χ1n) is 2.18. The molecular formula is C5H12N2. The van der Waals surface area contributed by atoms with Gasteiger partial charge in [-0.05, 0) is 20.6 Å². The molecule has 0 rings (SSSR count). The minimum Gasteiger partial charge on any atom is -0.310 e. The van der Waals surface area contributed by atoms with Crippen LogP contribution in [0.1, 0.15) is 6.92 Å². The van der Waals surface area contributed by atoms with Gasteiger partial charge in [0.2, 0.25) is 0 Å². The van der Waals surface area contributed by atoms with Crippen LogP contribution in [0.3, 0.4) is 0 Å². The van der Waals surface area contributed by atoms with E-state index in [4.69, 9.17) is 5.26 Å². The topological polar surface area (TPSA) is 27.0 Å². The van der Waals surface area contributed by atoms with Crippen molar-refractivity contribution in [3.63, 3.8) is 0 Å². The van der Waals surface area contributed by atoms with E-state index < -0.39 is 0 Å². The van der Waals surface area contributed by atoms with E-state index in [-0.39, 0.29) is 0 Å². The van der Waals surface area contributed by atoms with Gasteiger partial charge < -0.3 is 4.90 Å². The molecule has 42 valence electrons. The summed E-state index contributed by atoms with van der Waals surface area (Å²) in [6.07, 6.45) is 0. The fourth-order valence-electron chi connectivity index (χ4n) is 0. The van der Waals surface area contributed by atoms with Crippen molar-refractivity contribution >= 4 is 0 Å². The molecule has 0 amide bonds. The normalized spacial score (nSPS) is 7.14. The van der Waals surface area contributed by atoms with Gasteiger partial charge in [0.05, 0.1) is 0 Å². The fourth-order valence-corrected chi connectivity index (χ4v) is 0. The Bertz CT molecular complexity index is 38.6. The molecule has 0 spiro atoms. The maximum absolute atomic E-state index is 6.50. The third-order valence-corrected chi connectivity index (χ3v) is 0.632. The number of hydrogen-bond donors (Lipinski definition) is 0. The Balaban J connectivity index is 0. The average molecular weight is 100 g/mol. The van der Waals surface area contributed by atoms with Gasteiger partial charge in [0, 0.05) is 6.57 Å². The summed E-state index contributed by atoms with van der Waals surface area (Å²) in [7, 11) is 4.11. The summed E-state index contributed by atoms with van der Waals surface area (Å²) in [5.74, 6) is 0. The molecule has 7 heavy (non-hydrogen) atoms. The second-order valence-corrected chi connectivity index (χ2v) is 1.40. The highest BCUT2D eigenvalue weighted by molar-refractivity contribution is 4.25. The molecule has 0 saturated carbocycles. The minimum atomic E-state index is 1.14. The van der Waals surface area contributed by atoms with Gasteiger partial charge in [-0.1, -0.05) is 6.92 Å². The molecule has 0 fully saturated rings. The molecule has 0 aromatic rings. The average Bonchev–Trinajstić information content (AvgIpc) is 1.73. The second kappa shape index (κ2) is 9.07. The summed E-state index contributed by atoms with van der Waals surface area (Å²) in [5.41, 5.74) is 0. The molecular weight excluding hydrogens is 88.1 g/mol. The van der Waals surface area contributed by atoms with Crippen molar-refractivity contribution in [2.24, 2.45) is 0 Å². The van der Waals surface area contributed by atoms with E-state index in [9.17, 15) is 0 Å². The van der Waals surface area contributed by atoms with Gasteiger partial charge >= 0.3 is 0 Å². The van der Waals surface area contributed by atoms with Crippen molar-refractivity contribution < 1.29 is 0 Å². The lowest BCUT2D eigenvalue weighted by molar-refractivity contribution is 0.434. The molecule has 0 aliphatic heterocycles. The zero-order valence-corrected chi connectivity index (χ0v) is 5.18. The molecule has 0 aliphatic rings. The molecule has 0 radical (unpaired) electrons. The highest BCUT2D eigenvalue weighted by Crippen LogP contribution is 1.63. The summed E-state index contributed by atoms with van der Waals surface area (Å²) in [6, 6.07) is 0. The van der Waals surface area contributed by atoms with Crippen molar-refractivity contribution in [1.29, 1.82) is 5.26 Å². The minimum absolute atomic E-state index is 1.14. The molecule has 0 atom stereocenters. The van der Waals surface area contributed by atoms with E-state index in [0.29, 0.717) is 0 Å². The van der Waals surface area contributed by atoms with Crippen LogP contribution >= 0.6 is 0 Å². The van der Waals surface area contributed by atoms with Crippen molar-refractivity contribution in [2.75, 3.05) is 20.6 Å². The first-order chi connectivity index (χ1) is 3.27. The van der Waals surface area contributed by atoms with Gasteiger partial charge in [-0.15, -0.1) is 0 Å².